The molecule has 15 heavy (non-hydrogen) atoms. The Hall–Kier alpha value is -1.51. The first kappa shape index (κ1) is 10.0. The molecule has 1 saturated carbocycles. The molecule has 1 aromatic rings. The van der Waals surface area contributed by atoms with Crippen LogP contribution in [0.15, 0.2) is 18.2 Å². The molecule has 1 aliphatic carbocycles. The van der Waals surface area contributed by atoms with Gasteiger partial charge in [-0.1, -0.05) is 17.7 Å². The number of carboxylic acid groups (broad SMARTS) is 1. The van der Waals surface area contributed by atoms with Crippen molar-refractivity contribution in [3.8, 4) is 0 Å². The van der Waals surface area contributed by atoms with Crippen LogP contribution in [-0.2, 0) is 11.2 Å². The van der Waals surface area contributed by atoms with Crippen LogP contribution < -0.4 is 5.32 Å². The fourth-order valence-electron chi connectivity index (χ4n) is 1.62. The maximum absolute atomic E-state index is 10.7. The van der Waals surface area contributed by atoms with Crippen LogP contribution in [0.5, 0.6) is 0 Å². The molecular formula is C12H15NO2. The fraction of sp³-hybridized carbons (Fsp3) is 0.417. The zero-order chi connectivity index (χ0) is 10.8. The van der Waals surface area contributed by atoms with Crippen LogP contribution in [0.2, 0.25) is 0 Å². The summed E-state index contributed by atoms with van der Waals surface area (Å²) >= 11 is 0. The molecule has 0 heterocycles. The molecular weight excluding hydrogens is 190 g/mol. The van der Waals surface area contributed by atoms with E-state index >= 15 is 0 Å². The third kappa shape index (κ3) is 2.72. The van der Waals surface area contributed by atoms with E-state index in [2.05, 4.69) is 5.32 Å². The summed E-state index contributed by atoms with van der Waals surface area (Å²) in [7, 11) is 0. The number of hydrogen-bond acceptors (Lipinski definition) is 2. The van der Waals surface area contributed by atoms with Crippen LogP contribution in [0.25, 0.3) is 0 Å². The van der Waals surface area contributed by atoms with Gasteiger partial charge < -0.3 is 10.4 Å². The zero-order valence-corrected chi connectivity index (χ0v) is 8.79. The van der Waals surface area contributed by atoms with Gasteiger partial charge in [0.05, 0.1) is 6.42 Å². The number of benzene rings is 1. The average Bonchev–Trinajstić information content (AvgIpc) is 2.92. The quantitative estimate of drug-likeness (QED) is 0.792. The summed E-state index contributed by atoms with van der Waals surface area (Å²) in [6.07, 6.45) is 2.48. The number of carbonyl (C=O) groups is 1. The van der Waals surface area contributed by atoms with Crippen molar-refractivity contribution in [1.29, 1.82) is 0 Å². The predicted octanol–water partition coefficient (Wildman–Crippen LogP) is 2.20. The van der Waals surface area contributed by atoms with Crippen molar-refractivity contribution in [2.75, 3.05) is 5.32 Å². The Morgan fingerprint density at radius 2 is 2.27 bits per heavy atom. The number of rotatable bonds is 4. The monoisotopic (exact) mass is 205 g/mol. The molecule has 2 N–H and O–H groups in total. The first-order valence-electron chi connectivity index (χ1n) is 5.23. The van der Waals surface area contributed by atoms with Gasteiger partial charge in [-0.15, -0.1) is 0 Å². The average molecular weight is 205 g/mol. The molecule has 1 fully saturated rings. The summed E-state index contributed by atoms with van der Waals surface area (Å²) in [6.45, 7) is 1.98. The van der Waals surface area contributed by atoms with Gasteiger partial charge in [-0.2, -0.15) is 0 Å². The van der Waals surface area contributed by atoms with Crippen molar-refractivity contribution < 1.29 is 9.90 Å². The van der Waals surface area contributed by atoms with E-state index in [1.54, 1.807) is 0 Å². The number of aliphatic carboxylic acids is 1. The van der Waals surface area contributed by atoms with E-state index in [4.69, 9.17) is 5.11 Å². The van der Waals surface area contributed by atoms with Crippen LogP contribution in [0, 0.1) is 6.92 Å². The molecule has 80 valence electrons. The number of nitrogens with one attached hydrogen (secondary N) is 1. The lowest BCUT2D eigenvalue weighted by molar-refractivity contribution is -0.136. The van der Waals surface area contributed by atoms with Crippen LogP contribution in [-0.4, -0.2) is 17.1 Å². The number of hydrogen-bond donors (Lipinski definition) is 2. The highest BCUT2D eigenvalue weighted by Crippen LogP contribution is 2.27. The zero-order valence-electron chi connectivity index (χ0n) is 8.79. The smallest absolute Gasteiger partial charge is 0.307 e. The minimum Gasteiger partial charge on any atom is -0.481 e. The summed E-state index contributed by atoms with van der Waals surface area (Å²) < 4.78 is 0. The number of aryl methyl sites for hydroxylation is 1. The van der Waals surface area contributed by atoms with Gasteiger partial charge in [-0.05, 0) is 31.4 Å². The van der Waals surface area contributed by atoms with Crippen molar-refractivity contribution in [2.24, 2.45) is 0 Å². The molecule has 0 radical (unpaired) electrons. The molecule has 3 heteroatoms. The van der Waals surface area contributed by atoms with Crippen molar-refractivity contribution in [3.63, 3.8) is 0 Å². The topological polar surface area (TPSA) is 49.3 Å². The normalized spacial score (nSPS) is 15.0. The number of carboxylic acids is 1. The third-order valence-corrected chi connectivity index (χ3v) is 2.54. The first-order chi connectivity index (χ1) is 7.15. The fourth-order valence-corrected chi connectivity index (χ4v) is 1.62. The van der Waals surface area contributed by atoms with Gasteiger partial charge >= 0.3 is 5.97 Å². The molecule has 0 aliphatic heterocycles. The standard InChI is InChI=1S/C12H15NO2/c1-8-2-5-11(13-10-3-4-10)9(6-8)7-12(14)15/h2,5-6,10,13H,3-4,7H2,1H3,(H,14,15). The molecule has 0 atom stereocenters. The lowest BCUT2D eigenvalue weighted by Crippen LogP contribution is -2.08. The van der Waals surface area contributed by atoms with E-state index in [9.17, 15) is 4.79 Å². The second-order valence-electron chi connectivity index (χ2n) is 4.15. The summed E-state index contributed by atoms with van der Waals surface area (Å²) in [5.74, 6) is -0.778. The summed E-state index contributed by atoms with van der Waals surface area (Å²) in [5.41, 5.74) is 2.97. The van der Waals surface area contributed by atoms with E-state index in [0.717, 1.165) is 16.8 Å². The maximum atomic E-state index is 10.7. The largest absolute Gasteiger partial charge is 0.481 e. The second kappa shape index (κ2) is 3.93. The lowest BCUT2D eigenvalue weighted by Gasteiger charge is -2.10. The van der Waals surface area contributed by atoms with Crippen LogP contribution in [0.4, 0.5) is 5.69 Å². The molecule has 0 unspecified atom stereocenters. The molecule has 1 aliphatic rings. The molecule has 0 aromatic heterocycles. The SMILES string of the molecule is Cc1ccc(NC2CC2)c(CC(=O)O)c1. The highest BCUT2D eigenvalue weighted by Gasteiger charge is 2.22. The molecule has 3 nitrogen and oxygen atoms in total. The van der Waals surface area contributed by atoms with Crippen molar-refractivity contribution in [1.82, 2.24) is 0 Å². The summed E-state index contributed by atoms with van der Waals surface area (Å²) in [5, 5.41) is 12.2. The molecule has 1 aromatic carbocycles. The van der Waals surface area contributed by atoms with Gasteiger partial charge in [0.2, 0.25) is 0 Å². The third-order valence-electron chi connectivity index (χ3n) is 2.54. The lowest BCUT2D eigenvalue weighted by atomic mass is 10.1. The van der Waals surface area contributed by atoms with Gasteiger partial charge in [-0.25, -0.2) is 0 Å². The Morgan fingerprint density at radius 3 is 2.87 bits per heavy atom. The highest BCUT2D eigenvalue weighted by molar-refractivity contribution is 5.73. The Bertz CT molecular complexity index is 383. The van der Waals surface area contributed by atoms with E-state index in [-0.39, 0.29) is 6.42 Å². The van der Waals surface area contributed by atoms with Gasteiger partial charge in [0.15, 0.2) is 0 Å². The molecule has 0 amide bonds. The van der Waals surface area contributed by atoms with Gasteiger partial charge in [0.25, 0.3) is 0 Å². The Balaban J connectivity index is 2.21. The van der Waals surface area contributed by atoms with Gasteiger partial charge in [0.1, 0.15) is 0 Å². The van der Waals surface area contributed by atoms with Crippen LogP contribution >= 0.6 is 0 Å². The highest BCUT2D eigenvalue weighted by atomic mass is 16.4. The minimum absolute atomic E-state index is 0.0940. The Morgan fingerprint density at radius 1 is 1.53 bits per heavy atom. The Labute approximate surface area is 89.1 Å². The predicted molar refractivity (Wildman–Crippen MR) is 59.2 cm³/mol. The second-order valence-corrected chi connectivity index (χ2v) is 4.15. The number of anilines is 1. The van der Waals surface area contributed by atoms with Crippen LogP contribution in [0.3, 0.4) is 0 Å². The van der Waals surface area contributed by atoms with E-state index in [0.29, 0.717) is 6.04 Å². The van der Waals surface area contributed by atoms with Gasteiger partial charge in [-0.3, -0.25) is 4.79 Å². The molecule has 0 bridgehead atoms. The Kier molecular flexibility index (Phi) is 2.62. The van der Waals surface area contributed by atoms with Crippen molar-refractivity contribution in [2.45, 2.75) is 32.2 Å². The molecule has 0 saturated heterocycles. The summed E-state index contributed by atoms with van der Waals surface area (Å²) in [4.78, 5) is 10.7. The van der Waals surface area contributed by atoms with Gasteiger partial charge in [0, 0.05) is 11.7 Å². The molecule has 0 spiro atoms. The summed E-state index contributed by atoms with van der Waals surface area (Å²) in [6, 6.07) is 6.49. The maximum Gasteiger partial charge on any atom is 0.307 e. The van der Waals surface area contributed by atoms with Crippen molar-refractivity contribution >= 4 is 11.7 Å². The van der Waals surface area contributed by atoms with Crippen molar-refractivity contribution in [3.05, 3.63) is 29.3 Å². The molecule has 2 rings (SSSR count). The van der Waals surface area contributed by atoms with E-state index in [1.165, 1.54) is 12.8 Å². The van der Waals surface area contributed by atoms with E-state index in [1.807, 2.05) is 25.1 Å². The van der Waals surface area contributed by atoms with E-state index < -0.39 is 5.97 Å². The minimum atomic E-state index is -0.778. The van der Waals surface area contributed by atoms with Crippen LogP contribution in [0.1, 0.15) is 24.0 Å². The first-order valence-corrected chi connectivity index (χ1v) is 5.23.